The Balaban J connectivity index is 0.649. The van der Waals surface area contributed by atoms with Crippen molar-refractivity contribution in [3.05, 3.63) is 296 Å². The minimum absolute atomic E-state index is 0.369. The van der Waals surface area contributed by atoms with E-state index >= 15 is 0 Å². The van der Waals surface area contributed by atoms with Crippen molar-refractivity contribution >= 4 is 42.2 Å². The lowest BCUT2D eigenvalue weighted by atomic mass is 9.78. The van der Waals surface area contributed by atoms with E-state index in [0.29, 0.717) is 0 Å². The Morgan fingerprint density at radius 1 is 0.226 bits per heavy atom. The topological polar surface area (TPSA) is 40.2 Å². The van der Waals surface area contributed by atoms with E-state index in [1.165, 1.54) is 100 Å². The van der Waals surface area contributed by atoms with Crippen LogP contribution in [-0.4, -0.2) is 36.6 Å². The third-order valence-electron chi connectivity index (χ3n) is 20.0. The first-order chi connectivity index (χ1) is 44.8. The fourth-order valence-corrected chi connectivity index (χ4v) is 12.8. The first-order valence-electron chi connectivity index (χ1n) is 32.5. The highest BCUT2D eigenvalue weighted by Gasteiger charge is 2.52. The van der Waals surface area contributed by atoms with E-state index in [-0.39, 0.29) is 36.6 Å². The molecule has 0 radical (unpaired) electrons. The second-order valence-electron chi connectivity index (χ2n) is 27.1. The Morgan fingerprint density at radius 2 is 0.430 bits per heavy atom. The Labute approximate surface area is 550 Å². The quantitative estimate of drug-likeness (QED) is 0.102. The summed E-state index contributed by atoms with van der Waals surface area (Å²) in [5.74, 6) is 0. The number of hydrogen-bond donors (Lipinski definition) is 0. The molecule has 0 N–H and O–H groups in total. The van der Waals surface area contributed by atoms with E-state index in [2.05, 4.69) is 359 Å². The van der Waals surface area contributed by atoms with Gasteiger partial charge in [0.2, 0.25) is 0 Å². The highest BCUT2D eigenvalue weighted by molar-refractivity contribution is 6.62. The van der Waals surface area contributed by atoms with Gasteiger partial charge in [-0.05, 0) is 228 Å². The van der Waals surface area contributed by atoms with Crippen molar-refractivity contribution in [3.8, 4) is 100 Å². The Hall–Kier alpha value is -9.59. The average molecular weight is 1210 g/mol. The average Bonchev–Trinajstić information content (AvgIpc) is 1.75. The van der Waals surface area contributed by atoms with Gasteiger partial charge >= 0.3 is 14.2 Å². The van der Waals surface area contributed by atoms with Crippen LogP contribution in [0.3, 0.4) is 0 Å². The maximum atomic E-state index is 6.29. The molecular weight excluding hydrogens is 1130 g/mol. The summed E-state index contributed by atoms with van der Waals surface area (Å²) in [6.07, 6.45) is 0. The number of hydrogen-bond acceptors (Lipinski definition) is 5. The van der Waals surface area contributed by atoms with Gasteiger partial charge in [-0.2, -0.15) is 0 Å². The molecule has 7 heteroatoms. The summed E-state index contributed by atoms with van der Waals surface area (Å²) in [6, 6.07) is 104. The summed E-state index contributed by atoms with van der Waals surface area (Å²) in [5, 5.41) is 0. The van der Waals surface area contributed by atoms with Crippen molar-refractivity contribution in [1.82, 2.24) is 0 Å². The largest absolute Gasteiger partial charge is 0.494 e. The maximum Gasteiger partial charge on any atom is 0.494 e. The molecule has 2 saturated heterocycles. The van der Waals surface area contributed by atoms with Gasteiger partial charge in [0.1, 0.15) is 0 Å². The molecule has 0 atom stereocenters. The van der Waals surface area contributed by atoms with E-state index in [1.54, 1.807) is 0 Å². The lowest BCUT2D eigenvalue weighted by Crippen LogP contribution is -2.41. The second kappa shape index (κ2) is 24.5. The Bertz CT molecular complexity index is 4330. The van der Waals surface area contributed by atoms with Gasteiger partial charge in [0.25, 0.3) is 0 Å². The normalized spacial score (nSPS) is 15.3. The maximum absolute atomic E-state index is 6.29. The molecule has 0 unspecified atom stereocenters. The van der Waals surface area contributed by atoms with E-state index in [9.17, 15) is 0 Å². The molecule has 12 aromatic rings. The number of rotatable bonds is 14. The fraction of sp³-hybridized carbons (Fsp3) is 0.163. The molecule has 0 bridgehead atoms. The standard InChI is InChI=1S/C86H77B2NO4/c1-58-56-79(52-54-81(58)74-36-32-69(33-37-74)65-20-16-61(17-21-65)63-24-28-67(29-25-63)71-40-46-76(47-41-71)87-90-83(3,4)84(5,6)91-87)89(78-50-44-73(45-51-78)60-14-12-11-13-15-60)80-53-55-82(59(2)57-80)75-38-34-70(35-39-75)66-22-18-62(19-23-66)64-26-30-68(31-27-64)72-42-48-77(49-43-72)88-92-85(7,8)86(9,10)93-88/h11-57H,1-10H3. The molecule has 0 spiro atoms. The van der Waals surface area contributed by atoms with Crippen LogP contribution in [0.2, 0.25) is 0 Å². The van der Waals surface area contributed by atoms with Gasteiger partial charge in [-0.15, -0.1) is 0 Å². The molecule has 93 heavy (non-hydrogen) atoms. The van der Waals surface area contributed by atoms with Crippen molar-refractivity contribution in [2.45, 2.75) is 91.6 Å². The third kappa shape index (κ3) is 12.3. The third-order valence-corrected chi connectivity index (χ3v) is 20.0. The van der Waals surface area contributed by atoms with Crippen LogP contribution in [0.4, 0.5) is 17.1 Å². The Morgan fingerprint density at radius 3 is 0.677 bits per heavy atom. The monoisotopic (exact) mass is 1210 g/mol. The van der Waals surface area contributed by atoms with Crippen LogP contribution in [0.25, 0.3) is 100 Å². The van der Waals surface area contributed by atoms with Crippen LogP contribution in [0.5, 0.6) is 0 Å². The zero-order valence-electron chi connectivity index (χ0n) is 54.9. The highest BCUT2D eigenvalue weighted by atomic mass is 16.7. The van der Waals surface area contributed by atoms with Crippen LogP contribution >= 0.6 is 0 Å². The van der Waals surface area contributed by atoms with Crippen LogP contribution in [0.1, 0.15) is 66.5 Å². The zero-order valence-corrected chi connectivity index (χ0v) is 54.9. The fourth-order valence-electron chi connectivity index (χ4n) is 12.8. The molecule has 0 saturated carbocycles. The van der Waals surface area contributed by atoms with Crippen molar-refractivity contribution in [2.75, 3.05) is 4.90 Å². The smallest absolute Gasteiger partial charge is 0.399 e. The summed E-state index contributed by atoms with van der Waals surface area (Å²) >= 11 is 0. The van der Waals surface area contributed by atoms with Gasteiger partial charge in [0, 0.05) is 17.1 Å². The first-order valence-corrected chi connectivity index (χ1v) is 32.5. The van der Waals surface area contributed by atoms with Crippen LogP contribution in [0, 0.1) is 13.8 Å². The van der Waals surface area contributed by atoms with Gasteiger partial charge in [0.05, 0.1) is 22.4 Å². The number of aryl methyl sites for hydroxylation is 2. The van der Waals surface area contributed by atoms with E-state index in [1.807, 2.05) is 0 Å². The molecule has 2 aliphatic rings. The lowest BCUT2D eigenvalue weighted by Gasteiger charge is -2.32. The number of nitrogens with zero attached hydrogens (tertiary/aromatic N) is 1. The predicted molar refractivity (Wildman–Crippen MR) is 391 cm³/mol. The molecule has 5 nitrogen and oxygen atoms in total. The van der Waals surface area contributed by atoms with Crippen molar-refractivity contribution in [2.24, 2.45) is 0 Å². The van der Waals surface area contributed by atoms with Crippen molar-refractivity contribution in [1.29, 1.82) is 0 Å². The van der Waals surface area contributed by atoms with E-state index in [0.717, 1.165) is 39.1 Å². The second-order valence-corrected chi connectivity index (χ2v) is 27.1. The first kappa shape index (κ1) is 60.9. The highest BCUT2D eigenvalue weighted by Crippen LogP contribution is 2.43. The molecule has 456 valence electrons. The molecule has 0 aromatic heterocycles. The van der Waals surface area contributed by atoms with Gasteiger partial charge < -0.3 is 23.5 Å². The molecule has 0 aliphatic carbocycles. The van der Waals surface area contributed by atoms with E-state index < -0.39 is 0 Å². The minimum atomic E-state index is -0.370. The zero-order chi connectivity index (χ0) is 64.2. The predicted octanol–water partition coefficient (Wildman–Crippen LogP) is 21.4. The van der Waals surface area contributed by atoms with E-state index in [4.69, 9.17) is 18.6 Å². The molecule has 2 fully saturated rings. The summed E-state index contributed by atoms with van der Waals surface area (Å²) < 4.78 is 25.2. The van der Waals surface area contributed by atoms with Gasteiger partial charge in [-0.3, -0.25) is 0 Å². The van der Waals surface area contributed by atoms with Crippen LogP contribution in [0.15, 0.2) is 285 Å². The summed E-state index contributed by atoms with van der Waals surface area (Å²) in [7, 11) is -0.739. The van der Waals surface area contributed by atoms with Crippen molar-refractivity contribution < 1.29 is 18.6 Å². The van der Waals surface area contributed by atoms with Gasteiger partial charge in [0.15, 0.2) is 0 Å². The molecular formula is C86H77B2NO4. The summed E-state index contributed by atoms with van der Waals surface area (Å²) in [6.45, 7) is 21.2. The summed E-state index contributed by atoms with van der Waals surface area (Å²) in [5.41, 5.74) is 27.6. The molecule has 14 rings (SSSR count). The SMILES string of the molecule is Cc1cc(N(c2ccc(-c3ccccc3)cc2)c2ccc(-c3ccc(-c4ccc(-c5ccc(-c6ccc(B7OC(C)(C)C(C)(C)O7)cc6)cc5)cc4)cc3)c(C)c2)ccc1-c1ccc(-c2ccc(-c3ccc(-c4ccc(B5OC(C)(C)C(C)(C)O5)cc4)cc3)cc2)cc1. The number of benzene rings is 12. The van der Waals surface area contributed by atoms with Gasteiger partial charge in [-0.25, -0.2) is 0 Å². The summed E-state index contributed by atoms with van der Waals surface area (Å²) in [4.78, 5) is 2.38. The van der Waals surface area contributed by atoms with Crippen LogP contribution < -0.4 is 15.8 Å². The lowest BCUT2D eigenvalue weighted by molar-refractivity contribution is 0.00578. The van der Waals surface area contributed by atoms with Crippen LogP contribution in [-0.2, 0) is 18.6 Å². The van der Waals surface area contributed by atoms with Gasteiger partial charge in [-0.1, -0.05) is 249 Å². The van der Waals surface area contributed by atoms with Crippen molar-refractivity contribution in [3.63, 3.8) is 0 Å². The Kier molecular flexibility index (Phi) is 16.0. The molecule has 2 aliphatic heterocycles. The number of anilines is 3. The minimum Gasteiger partial charge on any atom is -0.399 e. The molecule has 2 heterocycles. The molecule has 12 aromatic carbocycles. The molecule has 0 amide bonds.